The van der Waals surface area contributed by atoms with Crippen LogP contribution >= 0.6 is 0 Å². The number of nitro groups is 1. The number of benzene rings is 2. The topological polar surface area (TPSA) is 85.2 Å². The van der Waals surface area contributed by atoms with Crippen LogP contribution in [0.4, 0.5) is 11.4 Å². The lowest BCUT2D eigenvalue weighted by Gasteiger charge is -2.36. The lowest BCUT2D eigenvalue weighted by atomic mass is 10.1. The average molecular weight is 371 g/mol. The highest BCUT2D eigenvalue weighted by Gasteiger charge is 2.25. The van der Waals surface area contributed by atoms with E-state index >= 15 is 0 Å². The Bertz CT molecular complexity index is 830. The number of methoxy groups -OCH3 is 2. The Balaban J connectivity index is 1.67. The molecule has 0 radical (unpaired) electrons. The molecule has 0 spiro atoms. The van der Waals surface area contributed by atoms with Gasteiger partial charge in [0.2, 0.25) is 0 Å². The first-order valence-electron chi connectivity index (χ1n) is 8.54. The van der Waals surface area contributed by atoms with Crippen molar-refractivity contribution in [3.05, 3.63) is 58.1 Å². The summed E-state index contributed by atoms with van der Waals surface area (Å²) >= 11 is 0. The molecule has 1 saturated heterocycles. The third-order valence-electron chi connectivity index (χ3n) is 4.63. The molecule has 1 aliphatic rings. The van der Waals surface area contributed by atoms with E-state index in [4.69, 9.17) is 9.47 Å². The Hall–Kier alpha value is -3.29. The Morgan fingerprint density at radius 3 is 2.22 bits per heavy atom. The molecule has 1 heterocycles. The predicted molar refractivity (Wildman–Crippen MR) is 101 cm³/mol. The first-order valence-corrected chi connectivity index (χ1v) is 8.54. The Kier molecular flexibility index (Phi) is 5.44. The van der Waals surface area contributed by atoms with Crippen LogP contribution < -0.4 is 14.4 Å². The lowest BCUT2D eigenvalue weighted by molar-refractivity contribution is -0.385. The molecule has 1 amide bonds. The first kappa shape index (κ1) is 18.5. The zero-order valence-electron chi connectivity index (χ0n) is 15.3. The average Bonchev–Trinajstić information content (AvgIpc) is 2.73. The van der Waals surface area contributed by atoms with Crippen LogP contribution in [0.3, 0.4) is 0 Å². The van der Waals surface area contributed by atoms with Crippen molar-refractivity contribution in [1.29, 1.82) is 0 Å². The van der Waals surface area contributed by atoms with Crippen LogP contribution in [-0.2, 0) is 0 Å². The van der Waals surface area contributed by atoms with Gasteiger partial charge < -0.3 is 19.3 Å². The van der Waals surface area contributed by atoms with Crippen molar-refractivity contribution < 1.29 is 19.2 Å². The Morgan fingerprint density at radius 1 is 1.00 bits per heavy atom. The van der Waals surface area contributed by atoms with E-state index in [1.54, 1.807) is 18.1 Å². The van der Waals surface area contributed by atoms with Gasteiger partial charge >= 0.3 is 5.69 Å². The zero-order chi connectivity index (χ0) is 19.4. The summed E-state index contributed by atoms with van der Waals surface area (Å²) in [5.41, 5.74) is 1.16. The van der Waals surface area contributed by atoms with E-state index < -0.39 is 4.92 Å². The van der Waals surface area contributed by atoms with Crippen molar-refractivity contribution in [2.45, 2.75) is 0 Å². The number of carbonyl (C=O) groups is 1. The molecule has 0 unspecified atom stereocenters. The van der Waals surface area contributed by atoms with Crippen molar-refractivity contribution in [2.75, 3.05) is 45.3 Å². The second-order valence-corrected chi connectivity index (χ2v) is 6.12. The normalized spacial score (nSPS) is 14.0. The third kappa shape index (κ3) is 3.94. The van der Waals surface area contributed by atoms with Gasteiger partial charge in [-0.1, -0.05) is 0 Å². The maximum atomic E-state index is 12.7. The second kappa shape index (κ2) is 7.94. The van der Waals surface area contributed by atoms with Gasteiger partial charge in [0.1, 0.15) is 5.75 Å². The summed E-state index contributed by atoms with van der Waals surface area (Å²) in [4.78, 5) is 27.3. The zero-order valence-corrected chi connectivity index (χ0v) is 15.3. The number of nitrogens with zero attached hydrogens (tertiary/aromatic N) is 3. The van der Waals surface area contributed by atoms with Gasteiger partial charge in [-0.3, -0.25) is 14.9 Å². The van der Waals surface area contributed by atoms with E-state index in [0.29, 0.717) is 31.7 Å². The second-order valence-electron chi connectivity index (χ2n) is 6.12. The highest BCUT2D eigenvalue weighted by molar-refractivity contribution is 5.95. The molecule has 142 valence electrons. The van der Waals surface area contributed by atoms with Gasteiger partial charge in [-0.05, 0) is 36.4 Å². The highest BCUT2D eigenvalue weighted by atomic mass is 16.6. The molecular weight excluding hydrogens is 350 g/mol. The predicted octanol–water partition coefficient (Wildman–Crippen LogP) is 2.57. The Morgan fingerprint density at radius 2 is 1.67 bits per heavy atom. The summed E-state index contributed by atoms with van der Waals surface area (Å²) in [5, 5.41) is 11.2. The van der Waals surface area contributed by atoms with Crippen molar-refractivity contribution in [2.24, 2.45) is 0 Å². The summed E-state index contributed by atoms with van der Waals surface area (Å²) in [6.45, 7) is 2.47. The van der Waals surface area contributed by atoms with Gasteiger partial charge in [0.05, 0.1) is 19.1 Å². The minimum Gasteiger partial charge on any atom is -0.497 e. The number of ether oxygens (including phenoxy) is 2. The fraction of sp³-hybridized carbons (Fsp3) is 0.316. The smallest absolute Gasteiger partial charge is 0.311 e. The van der Waals surface area contributed by atoms with Gasteiger partial charge in [0, 0.05) is 43.5 Å². The van der Waals surface area contributed by atoms with Crippen LogP contribution in [0.15, 0.2) is 42.5 Å². The fourth-order valence-corrected chi connectivity index (χ4v) is 3.11. The van der Waals surface area contributed by atoms with Crippen LogP contribution in [-0.4, -0.2) is 56.1 Å². The van der Waals surface area contributed by atoms with Crippen LogP contribution in [0.5, 0.6) is 11.5 Å². The third-order valence-corrected chi connectivity index (χ3v) is 4.63. The SMILES string of the molecule is COc1ccc(N2CCN(C(=O)c3ccc(OC)c([N+](=O)[O-])c3)CC2)cc1. The summed E-state index contributed by atoms with van der Waals surface area (Å²) in [6, 6.07) is 12.1. The minimum atomic E-state index is -0.544. The standard InChI is InChI=1S/C19H21N3O5/c1-26-16-6-4-15(5-7-16)20-9-11-21(12-10-20)19(23)14-3-8-18(27-2)17(13-14)22(24)25/h3-8,13H,9-12H2,1-2H3. The molecular formula is C19H21N3O5. The molecule has 2 aromatic carbocycles. The van der Waals surface area contributed by atoms with Crippen LogP contribution in [0.1, 0.15) is 10.4 Å². The van der Waals surface area contributed by atoms with E-state index in [0.717, 1.165) is 11.4 Å². The summed E-state index contributed by atoms with van der Waals surface area (Å²) in [7, 11) is 2.99. The van der Waals surface area contributed by atoms with Crippen LogP contribution in [0, 0.1) is 10.1 Å². The van der Waals surface area contributed by atoms with Gasteiger partial charge in [-0.15, -0.1) is 0 Å². The molecule has 2 aromatic rings. The number of rotatable bonds is 5. The van der Waals surface area contributed by atoms with E-state index in [1.165, 1.54) is 19.2 Å². The fourth-order valence-electron chi connectivity index (χ4n) is 3.11. The lowest BCUT2D eigenvalue weighted by Crippen LogP contribution is -2.48. The van der Waals surface area contributed by atoms with Crippen molar-refractivity contribution >= 4 is 17.3 Å². The molecule has 3 rings (SSSR count). The molecule has 8 heteroatoms. The molecule has 0 N–H and O–H groups in total. The number of carbonyl (C=O) groups excluding carboxylic acids is 1. The summed E-state index contributed by atoms with van der Waals surface area (Å²) in [6.07, 6.45) is 0. The van der Waals surface area contributed by atoms with Crippen molar-refractivity contribution in [3.63, 3.8) is 0 Å². The number of amides is 1. The molecule has 0 atom stereocenters. The van der Waals surface area contributed by atoms with Gasteiger partial charge in [-0.25, -0.2) is 0 Å². The molecule has 8 nitrogen and oxygen atoms in total. The number of hydrogen-bond acceptors (Lipinski definition) is 6. The number of anilines is 1. The van der Waals surface area contributed by atoms with Gasteiger partial charge in [0.25, 0.3) is 5.91 Å². The monoisotopic (exact) mass is 371 g/mol. The maximum Gasteiger partial charge on any atom is 0.311 e. The van der Waals surface area contributed by atoms with E-state index in [2.05, 4.69) is 4.90 Å². The summed E-state index contributed by atoms with van der Waals surface area (Å²) in [5.74, 6) is 0.727. The van der Waals surface area contributed by atoms with Crippen molar-refractivity contribution in [3.8, 4) is 11.5 Å². The van der Waals surface area contributed by atoms with Gasteiger partial charge in [0.15, 0.2) is 5.75 Å². The van der Waals surface area contributed by atoms with E-state index in [9.17, 15) is 14.9 Å². The molecule has 27 heavy (non-hydrogen) atoms. The summed E-state index contributed by atoms with van der Waals surface area (Å²) < 4.78 is 10.2. The molecule has 1 fully saturated rings. The molecule has 0 aliphatic carbocycles. The minimum absolute atomic E-state index is 0.140. The first-order chi connectivity index (χ1) is 13.0. The van der Waals surface area contributed by atoms with Crippen molar-refractivity contribution in [1.82, 2.24) is 4.90 Å². The van der Waals surface area contributed by atoms with Gasteiger partial charge in [-0.2, -0.15) is 0 Å². The molecule has 0 bridgehead atoms. The number of nitro benzene ring substituents is 1. The molecule has 0 saturated carbocycles. The molecule has 0 aromatic heterocycles. The van der Waals surface area contributed by atoms with E-state index in [1.807, 2.05) is 24.3 Å². The van der Waals surface area contributed by atoms with E-state index in [-0.39, 0.29) is 17.3 Å². The largest absolute Gasteiger partial charge is 0.497 e. The van der Waals surface area contributed by atoms with Crippen LogP contribution in [0.25, 0.3) is 0 Å². The molecule has 1 aliphatic heterocycles. The highest BCUT2D eigenvalue weighted by Crippen LogP contribution is 2.28. The van der Waals surface area contributed by atoms with Crippen LogP contribution in [0.2, 0.25) is 0 Å². The number of piperazine rings is 1. The maximum absolute atomic E-state index is 12.7. The quantitative estimate of drug-likeness (QED) is 0.593. The Labute approximate surface area is 157 Å². The number of hydrogen-bond donors (Lipinski definition) is 0.